The maximum Gasteiger partial charge on any atom is 0.534 e. The van der Waals surface area contributed by atoms with Crippen molar-refractivity contribution in [2.45, 2.75) is 45.5 Å². The summed E-state index contributed by atoms with van der Waals surface area (Å²) in [4.78, 5) is 0. The summed E-state index contributed by atoms with van der Waals surface area (Å²) < 4.78 is 63.8. The molecule has 0 heterocycles. The van der Waals surface area contributed by atoms with Gasteiger partial charge in [-0.05, 0) is 36.2 Å². The Labute approximate surface area is 110 Å². The van der Waals surface area contributed by atoms with Crippen molar-refractivity contribution in [1.29, 1.82) is 0 Å². The lowest BCUT2D eigenvalue weighted by molar-refractivity contribution is -0.0533. The van der Waals surface area contributed by atoms with Crippen LogP contribution in [-0.2, 0) is 14.3 Å². The van der Waals surface area contributed by atoms with Crippen LogP contribution in [0.25, 0.3) is 0 Å². The number of fused-ring (bicyclic) bond motifs is 1. The standard InChI is InChI=1S/C12H17F3O3S/c1-10(2)6-7-11(3)5-4-8(9(10)11)18-19(16,17)12(13,14)15/h4,9H,5-7H2,1-3H3/t9-,11+/m1/s1. The molecule has 0 aromatic rings. The van der Waals surface area contributed by atoms with Gasteiger partial charge in [0.1, 0.15) is 5.76 Å². The molecule has 0 aromatic carbocycles. The second-order valence-corrected chi connectivity index (χ2v) is 7.91. The molecule has 0 radical (unpaired) electrons. The van der Waals surface area contributed by atoms with E-state index in [0.29, 0.717) is 6.42 Å². The summed E-state index contributed by atoms with van der Waals surface area (Å²) in [6.45, 7) is 5.84. The molecule has 1 saturated carbocycles. The van der Waals surface area contributed by atoms with Crippen LogP contribution in [0.15, 0.2) is 11.8 Å². The van der Waals surface area contributed by atoms with Crippen LogP contribution in [0.4, 0.5) is 13.2 Å². The molecular weight excluding hydrogens is 281 g/mol. The molecule has 2 atom stereocenters. The summed E-state index contributed by atoms with van der Waals surface area (Å²) in [7, 11) is -5.57. The monoisotopic (exact) mass is 298 g/mol. The van der Waals surface area contributed by atoms with E-state index in [4.69, 9.17) is 0 Å². The Morgan fingerprint density at radius 3 is 2.37 bits per heavy atom. The van der Waals surface area contributed by atoms with E-state index in [9.17, 15) is 21.6 Å². The SMILES string of the molecule is CC1(C)CC[C@]2(C)CC=C(OS(=O)(=O)C(F)(F)F)[C@H]12. The lowest BCUT2D eigenvalue weighted by atomic mass is 9.73. The minimum atomic E-state index is -5.57. The number of allylic oxidation sites excluding steroid dienone is 2. The first kappa shape index (κ1) is 14.7. The number of hydrogen-bond donors (Lipinski definition) is 0. The van der Waals surface area contributed by atoms with Gasteiger partial charge in [0.25, 0.3) is 0 Å². The van der Waals surface area contributed by atoms with Crippen LogP contribution < -0.4 is 0 Å². The van der Waals surface area contributed by atoms with Gasteiger partial charge in [0.05, 0.1) is 0 Å². The smallest absolute Gasteiger partial charge is 0.381 e. The number of hydrogen-bond acceptors (Lipinski definition) is 3. The zero-order valence-corrected chi connectivity index (χ0v) is 11.9. The molecular formula is C12H17F3O3S. The lowest BCUT2D eigenvalue weighted by Gasteiger charge is -2.33. The average molecular weight is 298 g/mol. The molecule has 2 aliphatic rings. The molecule has 2 rings (SSSR count). The van der Waals surface area contributed by atoms with E-state index in [1.807, 2.05) is 20.8 Å². The maximum absolute atomic E-state index is 12.4. The van der Waals surface area contributed by atoms with Gasteiger partial charge in [0.2, 0.25) is 0 Å². The molecule has 0 unspecified atom stereocenters. The minimum absolute atomic E-state index is 0.0395. The number of halogens is 3. The van der Waals surface area contributed by atoms with Crippen molar-refractivity contribution < 1.29 is 25.8 Å². The van der Waals surface area contributed by atoms with Gasteiger partial charge >= 0.3 is 15.6 Å². The highest BCUT2D eigenvalue weighted by atomic mass is 32.2. The number of rotatable bonds is 2. The highest BCUT2D eigenvalue weighted by molar-refractivity contribution is 7.87. The molecule has 3 nitrogen and oxygen atoms in total. The second-order valence-electron chi connectivity index (χ2n) is 6.37. The molecule has 19 heavy (non-hydrogen) atoms. The van der Waals surface area contributed by atoms with Crippen molar-refractivity contribution in [1.82, 2.24) is 0 Å². The summed E-state index contributed by atoms with van der Waals surface area (Å²) in [5, 5.41) is 0. The fourth-order valence-electron chi connectivity index (χ4n) is 3.50. The summed E-state index contributed by atoms with van der Waals surface area (Å²) in [5.74, 6) is -0.320. The third kappa shape index (κ3) is 2.26. The summed E-state index contributed by atoms with van der Waals surface area (Å²) in [6.07, 6.45) is 3.76. The topological polar surface area (TPSA) is 43.4 Å². The normalized spacial score (nSPS) is 34.0. The van der Waals surface area contributed by atoms with Crippen LogP contribution in [0.3, 0.4) is 0 Å². The van der Waals surface area contributed by atoms with Crippen LogP contribution in [0.1, 0.15) is 40.0 Å². The van der Waals surface area contributed by atoms with Crippen molar-refractivity contribution in [3.63, 3.8) is 0 Å². The van der Waals surface area contributed by atoms with Crippen LogP contribution >= 0.6 is 0 Å². The van der Waals surface area contributed by atoms with Crippen molar-refractivity contribution in [2.75, 3.05) is 0 Å². The first-order chi connectivity index (χ1) is 8.39. The van der Waals surface area contributed by atoms with Gasteiger partial charge in [-0.3, -0.25) is 0 Å². The van der Waals surface area contributed by atoms with Gasteiger partial charge in [-0.1, -0.05) is 20.8 Å². The Balaban J connectivity index is 2.29. The quantitative estimate of drug-likeness (QED) is 0.578. The van der Waals surface area contributed by atoms with Gasteiger partial charge in [0.15, 0.2) is 0 Å². The highest BCUT2D eigenvalue weighted by Gasteiger charge is 2.57. The van der Waals surface area contributed by atoms with E-state index >= 15 is 0 Å². The molecule has 0 spiro atoms. The molecule has 1 fully saturated rings. The molecule has 0 aromatic heterocycles. The first-order valence-electron chi connectivity index (χ1n) is 6.10. The predicted molar refractivity (Wildman–Crippen MR) is 63.4 cm³/mol. The molecule has 0 aliphatic heterocycles. The van der Waals surface area contributed by atoms with E-state index in [1.165, 1.54) is 6.08 Å². The summed E-state index contributed by atoms with van der Waals surface area (Å²) in [5.41, 5.74) is -5.83. The molecule has 7 heteroatoms. The molecule has 0 N–H and O–H groups in total. The van der Waals surface area contributed by atoms with Gasteiger partial charge in [-0.15, -0.1) is 0 Å². The maximum atomic E-state index is 12.4. The predicted octanol–water partition coefficient (Wildman–Crippen LogP) is 3.58. The van der Waals surface area contributed by atoms with E-state index < -0.39 is 15.6 Å². The highest BCUT2D eigenvalue weighted by Crippen LogP contribution is 2.62. The van der Waals surface area contributed by atoms with Crippen LogP contribution in [0.2, 0.25) is 0 Å². The third-order valence-corrected chi connectivity index (χ3v) is 5.34. The van der Waals surface area contributed by atoms with Gasteiger partial charge in [-0.25, -0.2) is 0 Å². The number of alkyl halides is 3. The van der Waals surface area contributed by atoms with E-state index in [1.54, 1.807) is 0 Å². The van der Waals surface area contributed by atoms with Crippen molar-refractivity contribution in [3.8, 4) is 0 Å². The van der Waals surface area contributed by atoms with Crippen LogP contribution in [0, 0.1) is 16.7 Å². The summed E-state index contributed by atoms with van der Waals surface area (Å²) in [6, 6.07) is 0. The molecule has 0 saturated heterocycles. The average Bonchev–Trinajstić information content (AvgIpc) is 2.63. The zero-order chi connectivity index (χ0) is 14.7. The first-order valence-corrected chi connectivity index (χ1v) is 7.51. The Morgan fingerprint density at radius 1 is 1.26 bits per heavy atom. The Bertz CT molecular complexity index is 519. The van der Waals surface area contributed by atoms with Crippen LogP contribution in [-0.4, -0.2) is 13.9 Å². The second kappa shape index (κ2) is 3.90. The fraction of sp³-hybridized carbons (Fsp3) is 0.833. The minimum Gasteiger partial charge on any atom is -0.381 e. The van der Waals surface area contributed by atoms with Crippen molar-refractivity contribution in [2.24, 2.45) is 16.7 Å². The fourth-order valence-corrected chi connectivity index (χ4v) is 4.01. The van der Waals surface area contributed by atoms with E-state index in [2.05, 4.69) is 4.18 Å². The Hall–Kier alpha value is -0.720. The van der Waals surface area contributed by atoms with Crippen molar-refractivity contribution >= 4 is 10.1 Å². The molecule has 2 aliphatic carbocycles. The van der Waals surface area contributed by atoms with E-state index in [0.717, 1.165) is 12.8 Å². The molecule has 110 valence electrons. The molecule has 0 bridgehead atoms. The van der Waals surface area contributed by atoms with Gasteiger partial charge < -0.3 is 4.18 Å². The zero-order valence-electron chi connectivity index (χ0n) is 11.0. The van der Waals surface area contributed by atoms with Crippen LogP contribution in [0.5, 0.6) is 0 Å². The summed E-state index contributed by atoms with van der Waals surface area (Å²) >= 11 is 0. The largest absolute Gasteiger partial charge is 0.534 e. The van der Waals surface area contributed by atoms with Crippen molar-refractivity contribution in [3.05, 3.63) is 11.8 Å². The molecule has 0 amide bonds. The Morgan fingerprint density at radius 2 is 1.84 bits per heavy atom. The van der Waals surface area contributed by atoms with Gasteiger partial charge in [0, 0.05) is 5.92 Å². The van der Waals surface area contributed by atoms with E-state index in [-0.39, 0.29) is 22.5 Å². The van der Waals surface area contributed by atoms with Gasteiger partial charge in [-0.2, -0.15) is 21.6 Å². The Kier molecular flexibility index (Phi) is 3.01. The lowest BCUT2D eigenvalue weighted by Crippen LogP contribution is -2.32. The third-order valence-electron chi connectivity index (χ3n) is 4.36.